The topological polar surface area (TPSA) is 116 Å². The fraction of sp³-hybridized carbons (Fsp3) is 0.467. The largest absolute Gasteiger partial charge is 0.494 e. The SMILES string of the molecule is CCc1cccc(OCCCNCCO)c1.O=C(O)C(=O)O. The van der Waals surface area contributed by atoms with E-state index >= 15 is 0 Å². The second kappa shape index (κ2) is 12.6. The maximum Gasteiger partial charge on any atom is 0.414 e. The summed E-state index contributed by atoms with van der Waals surface area (Å²) in [6, 6.07) is 8.20. The van der Waals surface area contributed by atoms with Gasteiger partial charge < -0.3 is 25.4 Å². The molecule has 0 spiro atoms. The molecule has 0 aromatic heterocycles. The zero-order chi connectivity index (χ0) is 16.8. The normalized spacial score (nSPS) is 9.55. The summed E-state index contributed by atoms with van der Waals surface area (Å²) in [5, 5.41) is 26.5. The minimum absolute atomic E-state index is 0.194. The summed E-state index contributed by atoms with van der Waals surface area (Å²) >= 11 is 0. The first-order valence-corrected chi connectivity index (χ1v) is 7.00. The highest BCUT2D eigenvalue weighted by Crippen LogP contribution is 2.13. The van der Waals surface area contributed by atoms with Gasteiger partial charge in [0, 0.05) is 6.54 Å². The third-order valence-corrected chi connectivity index (χ3v) is 2.54. The van der Waals surface area contributed by atoms with E-state index in [0.29, 0.717) is 13.2 Å². The molecule has 1 aromatic rings. The Hall–Kier alpha value is -2.12. The van der Waals surface area contributed by atoms with E-state index in [4.69, 9.17) is 29.6 Å². The van der Waals surface area contributed by atoms with Gasteiger partial charge in [-0.25, -0.2) is 9.59 Å². The zero-order valence-corrected chi connectivity index (χ0v) is 12.6. The van der Waals surface area contributed by atoms with Crippen LogP contribution in [-0.2, 0) is 16.0 Å². The minimum atomic E-state index is -1.82. The Morgan fingerprint density at radius 1 is 1.18 bits per heavy atom. The predicted molar refractivity (Wildman–Crippen MR) is 81.2 cm³/mol. The molecule has 4 N–H and O–H groups in total. The molecule has 1 rings (SSSR count). The van der Waals surface area contributed by atoms with Gasteiger partial charge >= 0.3 is 11.9 Å². The lowest BCUT2D eigenvalue weighted by Gasteiger charge is -2.07. The Labute approximate surface area is 129 Å². The van der Waals surface area contributed by atoms with Crippen LogP contribution >= 0.6 is 0 Å². The molecule has 0 aliphatic carbocycles. The average molecular weight is 313 g/mol. The fourth-order valence-electron chi connectivity index (χ4n) is 1.45. The van der Waals surface area contributed by atoms with Crippen LogP contribution < -0.4 is 10.1 Å². The summed E-state index contributed by atoms with van der Waals surface area (Å²) in [6.07, 6.45) is 1.99. The third kappa shape index (κ3) is 10.6. The molecule has 7 nitrogen and oxygen atoms in total. The van der Waals surface area contributed by atoms with Crippen LogP contribution in [0.25, 0.3) is 0 Å². The number of nitrogens with one attached hydrogen (secondary N) is 1. The standard InChI is InChI=1S/C13H21NO2.C2H2O4/c1-2-12-5-3-6-13(11-12)16-10-4-7-14-8-9-15;3-1(4)2(5)6/h3,5-6,11,14-15H,2,4,7-10H2,1H3;(H,3,4)(H,5,6). The molecule has 22 heavy (non-hydrogen) atoms. The number of hydrogen-bond donors (Lipinski definition) is 4. The highest BCUT2D eigenvalue weighted by molar-refractivity contribution is 6.27. The van der Waals surface area contributed by atoms with Crippen molar-refractivity contribution in [3.8, 4) is 5.75 Å². The molecule has 0 amide bonds. The number of hydrogen-bond acceptors (Lipinski definition) is 5. The molecule has 0 radical (unpaired) electrons. The summed E-state index contributed by atoms with van der Waals surface area (Å²) in [7, 11) is 0. The van der Waals surface area contributed by atoms with Crippen molar-refractivity contribution in [2.45, 2.75) is 19.8 Å². The van der Waals surface area contributed by atoms with Crippen LogP contribution in [0.3, 0.4) is 0 Å². The number of carbonyl (C=O) groups is 2. The lowest BCUT2D eigenvalue weighted by Crippen LogP contribution is -2.20. The second-order valence-electron chi connectivity index (χ2n) is 4.29. The van der Waals surface area contributed by atoms with Gasteiger partial charge in [-0.15, -0.1) is 0 Å². The van der Waals surface area contributed by atoms with Gasteiger partial charge in [0.1, 0.15) is 5.75 Å². The smallest absolute Gasteiger partial charge is 0.414 e. The van der Waals surface area contributed by atoms with E-state index in [-0.39, 0.29) is 6.61 Å². The van der Waals surface area contributed by atoms with Crippen molar-refractivity contribution in [1.29, 1.82) is 0 Å². The van der Waals surface area contributed by atoms with Crippen LogP contribution in [0.5, 0.6) is 5.75 Å². The molecule has 0 heterocycles. The first kappa shape index (κ1) is 19.9. The molecule has 0 unspecified atom stereocenters. The van der Waals surface area contributed by atoms with Crippen LogP contribution in [-0.4, -0.2) is 53.6 Å². The van der Waals surface area contributed by atoms with E-state index in [1.54, 1.807) is 0 Å². The van der Waals surface area contributed by atoms with Gasteiger partial charge in [-0.05, 0) is 37.1 Å². The highest BCUT2D eigenvalue weighted by Gasteiger charge is 2.04. The Bertz CT molecular complexity index is 437. The molecule has 0 saturated carbocycles. The number of aliphatic carboxylic acids is 2. The van der Waals surface area contributed by atoms with Gasteiger partial charge in [-0.2, -0.15) is 0 Å². The molecule has 0 atom stereocenters. The number of benzene rings is 1. The summed E-state index contributed by atoms with van der Waals surface area (Å²) in [5.41, 5.74) is 1.30. The number of aliphatic hydroxyl groups excluding tert-OH is 1. The molecule has 124 valence electrons. The Morgan fingerprint density at radius 3 is 2.41 bits per heavy atom. The quantitative estimate of drug-likeness (QED) is 0.413. The number of carboxylic acids is 2. The van der Waals surface area contributed by atoms with E-state index in [0.717, 1.165) is 25.1 Å². The van der Waals surface area contributed by atoms with E-state index < -0.39 is 11.9 Å². The van der Waals surface area contributed by atoms with Crippen molar-refractivity contribution in [2.24, 2.45) is 0 Å². The summed E-state index contributed by atoms with van der Waals surface area (Å²) in [6.45, 7) is 4.59. The monoisotopic (exact) mass is 313 g/mol. The van der Waals surface area contributed by atoms with E-state index in [2.05, 4.69) is 24.4 Å². The van der Waals surface area contributed by atoms with E-state index in [1.165, 1.54) is 5.56 Å². The van der Waals surface area contributed by atoms with Crippen LogP contribution in [0.1, 0.15) is 18.9 Å². The van der Waals surface area contributed by atoms with Crippen LogP contribution in [0.4, 0.5) is 0 Å². The molecule has 7 heteroatoms. The van der Waals surface area contributed by atoms with Crippen LogP contribution in [0.15, 0.2) is 24.3 Å². The molecular formula is C15H23NO6. The van der Waals surface area contributed by atoms with Crippen molar-refractivity contribution in [3.63, 3.8) is 0 Å². The Kier molecular flexibility index (Phi) is 11.4. The van der Waals surface area contributed by atoms with Crippen molar-refractivity contribution < 1.29 is 29.6 Å². The van der Waals surface area contributed by atoms with Gasteiger partial charge in [-0.3, -0.25) is 0 Å². The predicted octanol–water partition coefficient (Wildman–Crippen LogP) is 0.755. The van der Waals surface area contributed by atoms with Gasteiger partial charge in [-0.1, -0.05) is 19.1 Å². The maximum atomic E-state index is 9.10. The van der Waals surface area contributed by atoms with E-state index in [9.17, 15) is 0 Å². The summed E-state index contributed by atoms with van der Waals surface area (Å²) in [5.74, 6) is -2.70. The Balaban J connectivity index is 0.000000626. The van der Waals surface area contributed by atoms with Gasteiger partial charge in [0.25, 0.3) is 0 Å². The van der Waals surface area contributed by atoms with Crippen molar-refractivity contribution >= 4 is 11.9 Å². The number of ether oxygens (including phenoxy) is 1. The molecule has 0 fully saturated rings. The highest BCUT2D eigenvalue weighted by atomic mass is 16.5. The number of aliphatic hydroxyl groups is 1. The number of carboxylic acid groups (broad SMARTS) is 2. The molecule has 1 aromatic carbocycles. The van der Waals surface area contributed by atoms with Crippen molar-refractivity contribution in [3.05, 3.63) is 29.8 Å². The number of rotatable bonds is 8. The fourth-order valence-corrected chi connectivity index (χ4v) is 1.45. The first-order valence-electron chi connectivity index (χ1n) is 7.00. The van der Waals surface area contributed by atoms with E-state index in [1.807, 2.05) is 12.1 Å². The van der Waals surface area contributed by atoms with Gasteiger partial charge in [0.05, 0.1) is 13.2 Å². The summed E-state index contributed by atoms with van der Waals surface area (Å²) < 4.78 is 5.63. The van der Waals surface area contributed by atoms with Crippen LogP contribution in [0.2, 0.25) is 0 Å². The minimum Gasteiger partial charge on any atom is -0.494 e. The maximum absolute atomic E-state index is 9.10. The lowest BCUT2D eigenvalue weighted by atomic mass is 10.2. The zero-order valence-electron chi connectivity index (χ0n) is 12.6. The van der Waals surface area contributed by atoms with Crippen LogP contribution in [0, 0.1) is 0 Å². The lowest BCUT2D eigenvalue weighted by molar-refractivity contribution is -0.159. The van der Waals surface area contributed by atoms with Crippen molar-refractivity contribution in [2.75, 3.05) is 26.3 Å². The summed E-state index contributed by atoms with van der Waals surface area (Å²) in [4.78, 5) is 18.2. The second-order valence-corrected chi connectivity index (χ2v) is 4.29. The first-order chi connectivity index (χ1) is 10.5. The molecule has 0 bridgehead atoms. The Morgan fingerprint density at radius 2 is 1.86 bits per heavy atom. The molecule has 0 saturated heterocycles. The van der Waals surface area contributed by atoms with Crippen molar-refractivity contribution in [1.82, 2.24) is 5.32 Å². The number of aryl methyl sites for hydroxylation is 1. The third-order valence-electron chi connectivity index (χ3n) is 2.54. The average Bonchev–Trinajstić information content (AvgIpc) is 2.51. The van der Waals surface area contributed by atoms with Gasteiger partial charge in [0.2, 0.25) is 0 Å². The van der Waals surface area contributed by atoms with Gasteiger partial charge in [0.15, 0.2) is 0 Å². The molecule has 0 aliphatic rings. The molecule has 0 aliphatic heterocycles. The molecular weight excluding hydrogens is 290 g/mol.